The van der Waals surface area contributed by atoms with Gasteiger partial charge in [-0.25, -0.2) is 0 Å². The van der Waals surface area contributed by atoms with Crippen LogP contribution in [-0.2, 0) is 12.0 Å². The van der Waals surface area contributed by atoms with Crippen LogP contribution in [0.2, 0.25) is 0 Å². The first-order chi connectivity index (χ1) is 12.6. The van der Waals surface area contributed by atoms with E-state index in [4.69, 9.17) is 10.3 Å². The molecule has 1 aliphatic rings. The van der Waals surface area contributed by atoms with Gasteiger partial charge in [0.05, 0.1) is 5.54 Å². The zero-order valence-electron chi connectivity index (χ0n) is 15.0. The molecule has 1 amide bonds. The number of carbonyl (C=O) groups is 1. The van der Waals surface area contributed by atoms with Gasteiger partial charge in [0.15, 0.2) is 5.82 Å². The molecule has 1 heterocycles. The number of fused-ring (bicyclic) bond motifs is 1. The van der Waals surface area contributed by atoms with Crippen molar-refractivity contribution in [2.75, 3.05) is 6.54 Å². The van der Waals surface area contributed by atoms with E-state index in [2.05, 4.69) is 15.5 Å². The molecule has 0 saturated heterocycles. The molecule has 1 saturated carbocycles. The maximum atomic E-state index is 12.3. The van der Waals surface area contributed by atoms with Gasteiger partial charge < -0.3 is 15.6 Å². The van der Waals surface area contributed by atoms with Crippen LogP contribution in [-0.4, -0.2) is 22.6 Å². The Hall–Kier alpha value is -2.44. The summed E-state index contributed by atoms with van der Waals surface area (Å²) in [6.45, 7) is 0.435. The highest BCUT2D eigenvalue weighted by Crippen LogP contribution is 2.34. The average molecular weight is 387 g/mol. The zero-order valence-corrected chi connectivity index (χ0v) is 15.8. The molecule has 1 aromatic heterocycles. The molecule has 0 aliphatic heterocycles. The van der Waals surface area contributed by atoms with Gasteiger partial charge in [0.25, 0.3) is 5.91 Å². The summed E-state index contributed by atoms with van der Waals surface area (Å²) in [5, 5.41) is 9.10. The summed E-state index contributed by atoms with van der Waals surface area (Å²) < 4.78 is 5.30. The number of nitrogens with zero attached hydrogens (tertiary/aromatic N) is 2. The van der Waals surface area contributed by atoms with Gasteiger partial charge >= 0.3 is 0 Å². The molecule has 0 atom stereocenters. The fraction of sp³-hybridized carbons (Fsp3) is 0.350. The summed E-state index contributed by atoms with van der Waals surface area (Å²) >= 11 is 0. The van der Waals surface area contributed by atoms with Crippen LogP contribution in [0.25, 0.3) is 10.8 Å². The second-order valence-electron chi connectivity index (χ2n) is 6.94. The highest BCUT2D eigenvalue weighted by atomic mass is 35.5. The Bertz CT molecular complexity index is 934. The van der Waals surface area contributed by atoms with Crippen molar-refractivity contribution >= 4 is 29.1 Å². The van der Waals surface area contributed by atoms with Gasteiger partial charge in [-0.15, -0.1) is 12.4 Å². The standard InChI is InChI=1S/C20H22N4O2.ClH/c21-20(10-3-4-11-20)19-23-17(26-24-19)9-12-22-18(25)16-8-7-14-5-1-2-6-15(14)13-16;/h1-2,5-8,13H,3-4,9-12,21H2,(H,22,25);1H. The summed E-state index contributed by atoms with van der Waals surface area (Å²) in [5.41, 5.74) is 6.53. The summed E-state index contributed by atoms with van der Waals surface area (Å²) in [4.78, 5) is 16.8. The largest absolute Gasteiger partial charge is 0.352 e. The van der Waals surface area contributed by atoms with Crippen molar-refractivity contribution in [3.05, 3.63) is 59.7 Å². The third-order valence-corrected chi connectivity index (χ3v) is 5.05. The summed E-state index contributed by atoms with van der Waals surface area (Å²) in [7, 11) is 0. The van der Waals surface area contributed by atoms with Gasteiger partial charge in [0.1, 0.15) is 0 Å². The lowest BCUT2D eigenvalue weighted by atomic mass is 9.99. The van der Waals surface area contributed by atoms with Crippen molar-refractivity contribution in [2.24, 2.45) is 5.73 Å². The van der Waals surface area contributed by atoms with Gasteiger partial charge in [-0.05, 0) is 35.7 Å². The van der Waals surface area contributed by atoms with Crippen molar-refractivity contribution in [1.82, 2.24) is 15.5 Å². The van der Waals surface area contributed by atoms with E-state index < -0.39 is 5.54 Å². The van der Waals surface area contributed by atoms with E-state index >= 15 is 0 Å². The number of benzene rings is 2. The Kier molecular flexibility index (Phi) is 5.77. The van der Waals surface area contributed by atoms with Crippen molar-refractivity contribution in [1.29, 1.82) is 0 Å². The molecule has 0 radical (unpaired) electrons. The Morgan fingerprint density at radius 3 is 2.67 bits per heavy atom. The Balaban J connectivity index is 0.00000210. The van der Waals surface area contributed by atoms with Gasteiger partial charge in [-0.2, -0.15) is 4.98 Å². The average Bonchev–Trinajstić information content (AvgIpc) is 3.31. The molecule has 0 spiro atoms. The van der Waals surface area contributed by atoms with Crippen molar-refractivity contribution < 1.29 is 9.32 Å². The minimum Gasteiger partial charge on any atom is -0.352 e. The van der Waals surface area contributed by atoms with Crippen LogP contribution >= 0.6 is 12.4 Å². The molecule has 1 aliphatic carbocycles. The maximum Gasteiger partial charge on any atom is 0.251 e. The van der Waals surface area contributed by atoms with E-state index in [9.17, 15) is 4.79 Å². The first kappa shape index (κ1) is 19.3. The second-order valence-corrected chi connectivity index (χ2v) is 6.94. The monoisotopic (exact) mass is 386 g/mol. The normalized spacial score (nSPS) is 15.4. The molecule has 0 unspecified atom stereocenters. The number of hydrogen-bond donors (Lipinski definition) is 2. The van der Waals surface area contributed by atoms with Crippen LogP contribution in [0.3, 0.4) is 0 Å². The van der Waals surface area contributed by atoms with Gasteiger partial charge in [0, 0.05) is 18.5 Å². The van der Waals surface area contributed by atoms with Crippen LogP contribution < -0.4 is 11.1 Å². The third-order valence-electron chi connectivity index (χ3n) is 5.05. The summed E-state index contributed by atoms with van der Waals surface area (Å²) in [5.74, 6) is 0.989. The highest BCUT2D eigenvalue weighted by Gasteiger charge is 2.35. The lowest BCUT2D eigenvalue weighted by Gasteiger charge is -2.17. The molecule has 27 heavy (non-hydrogen) atoms. The van der Waals surface area contributed by atoms with Gasteiger partial charge in [-0.3, -0.25) is 4.79 Å². The predicted octanol–water partition coefficient (Wildman–Crippen LogP) is 3.35. The SMILES string of the molecule is Cl.NC1(c2noc(CCNC(=O)c3ccc4ccccc4c3)n2)CCCC1. The first-order valence-electron chi connectivity index (χ1n) is 9.03. The minimum absolute atomic E-state index is 0. The van der Waals surface area contributed by atoms with E-state index in [-0.39, 0.29) is 18.3 Å². The van der Waals surface area contributed by atoms with Crippen LogP contribution in [0.5, 0.6) is 0 Å². The Morgan fingerprint density at radius 2 is 1.89 bits per heavy atom. The van der Waals surface area contributed by atoms with E-state index in [1.807, 2.05) is 42.5 Å². The third kappa shape index (κ3) is 4.12. The van der Waals surface area contributed by atoms with Crippen molar-refractivity contribution in [3.63, 3.8) is 0 Å². The molecule has 1 fully saturated rings. The van der Waals surface area contributed by atoms with Crippen LogP contribution in [0.15, 0.2) is 47.0 Å². The summed E-state index contributed by atoms with van der Waals surface area (Å²) in [6, 6.07) is 13.7. The number of aromatic nitrogens is 2. The van der Waals surface area contributed by atoms with E-state index in [1.54, 1.807) is 0 Å². The topological polar surface area (TPSA) is 94.0 Å². The van der Waals surface area contributed by atoms with Crippen LogP contribution in [0.4, 0.5) is 0 Å². The fourth-order valence-corrected chi connectivity index (χ4v) is 3.50. The fourth-order valence-electron chi connectivity index (χ4n) is 3.50. The molecule has 4 rings (SSSR count). The number of hydrogen-bond acceptors (Lipinski definition) is 5. The second kappa shape index (κ2) is 8.06. The molecular formula is C20H23ClN4O2. The number of nitrogens with one attached hydrogen (secondary N) is 1. The van der Waals surface area contributed by atoms with Crippen LogP contribution in [0.1, 0.15) is 47.8 Å². The molecule has 2 aromatic carbocycles. The van der Waals surface area contributed by atoms with E-state index in [1.165, 1.54) is 0 Å². The van der Waals surface area contributed by atoms with E-state index in [0.29, 0.717) is 30.2 Å². The minimum atomic E-state index is -0.448. The number of nitrogens with two attached hydrogens (primary N) is 1. The van der Waals surface area contributed by atoms with Gasteiger partial charge in [-0.1, -0.05) is 48.3 Å². The number of halogens is 1. The Labute approximate surface area is 163 Å². The van der Waals surface area contributed by atoms with E-state index in [0.717, 1.165) is 36.5 Å². The zero-order chi connectivity index (χ0) is 18.0. The quantitative estimate of drug-likeness (QED) is 0.701. The molecule has 6 nitrogen and oxygen atoms in total. The molecule has 7 heteroatoms. The molecule has 3 N–H and O–H groups in total. The molecular weight excluding hydrogens is 364 g/mol. The van der Waals surface area contributed by atoms with Gasteiger partial charge in [0.2, 0.25) is 5.89 Å². The highest BCUT2D eigenvalue weighted by molar-refractivity contribution is 5.98. The predicted molar refractivity (Wildman–Crippen MR) is 106 cm³/mol. The molecule has 3 aromatic rings. The molecule has 0 bridgehead atoms. The molecule has 142 valence electrons. The van der Waals surface area contributed by atoms with Crippen molar-refractivity contribution in [3.8, 4) is 0 Å². The first-order valence-corrected chi connectivity index (χ1v) is 9.03. The maximum absolute atomic E-state index is 12.3. The number of carbonyl (C=O) groups excluding carboxylic acids is 1. The lowest BCUT2D eigenvalue weighted by molar-refractivity contribution is 0.0953. The lowest BCUT2D eigenvalue weighted by Crippen LogP contribution is -2.34. The Morgan fingerprint density at radius 1 is 1.15 bits per heavy atom. The smallest absolute Gasteiger partial charge is 0.251 e. The summed E-state index contributed by atoms with van der Waals surface area (Å²) in [6.07, 6.45) is 4.47. The number of rotatable bonds is 5. The number of amides is 1. The van der Waals surface area contributed by atoms with Crippen LogP contribution in [0, 0.1) is 0 Å². The van der Waals surface area contributed by atoms with Crippen molar-refractivity contribution in [2.45, 2.75) is 37.6 Å².